The number of ether oxygens (including phenoxy) is 1. The van der Waals surface area contributed by atoms with Gasteiger partial charge in [-0.1, -0.05) is 18.2 Å². The minimum absolute atomic E-state index is 0. The summed E-state index contributed by atoms with van der Waals surface area (Å²) < 4.78 is 5.67. The van der Waals surface area contributed by atoms with Crippen LogP contribution < -0.4 is 15.4 Å². The third-order valence-electron chi connectivity index (χ3n) is 4.87. The van der Waals surface area contributed by atoms with Gasteiger partial charge in [-0.2, -0.15) is 0 Å². The highest BCUT2D eigenvalue weighted by Gasteiger charge is 2.21. The number of amides is 1. The number of nitrogens with one attached hydrogen (secondary N) is 2. The maximum absolute atomic E-state index is 12.1. The van der Waals surface area contributed by atoms with Crippen molar-refractivity contribution < 1.29 is 9.53 Å². The number of benzene rings is 1. The van der Waals surface area contributed by atoms with Gasteiger partial charge in [0.2, 0.25) is 5.91 Å². The van der Waals surface area contributed by atoms with Crippen molar-refractivity contribution in [3.8, 4) is 5.75 Å². The van der Waals surface area contributed by atoms with Gasteiger partial charge in [-0.25, -0.2) is 0 Å². The molecule has 1 fully saturated rings. The molecule has 0 aromatic heterocycles. The molecular weight excluding hydrogens is 312 g/mol. The summed E-state index contributed by atoms with van der Waals surface area (Å²) in [5, 5.41) is 6.49. The van der Waals surface area contributed by atoms with E-state index in [1.807, 2.05) is 18.2 Å². The smallest absolute Gasteiger partial charge is 0.220 e. The summed E-state index contributed by atoms with van der Waals surface area (Å²) in [6.45, 7) is 3.67. The van der Waals surface area contributed by atoms with Crippen LogP contribution in [-0.4, -0.2) is 32.1 Å². The number of piperidine rings is 1. The monoisotopic (exact) mass is 338 g/mol. The number of hydrogen-bond donors (Lipinski definition) is 2. The lowest BCUT2D eigenvalue weighted by atomic mass is 9.92. The number of halogens is 1. The number of carbonyl (C=O) groups is 1. The van der Waals surface area contributed by atoms with Crippen molar-refractivity contribution >= 4 is 18.3 Å². The van der Waals surface area contributed by atoms with Crippen LogP contribution in [0.1, 0.15) is 43.6 Å². The Morgan fingerprint density at radius 2 is 2.00 bits per heavy atom. The van der Waals surface area contributed by atoms with Crippen molar-refractivity contribution in [1.82, 2.24) is 10.6 Å². The minimum Gasteiger partial charge on any atom is -0.493 e. The Labute approximate surface area is 144 Å². The molecule has 128 valence electrons. The standard InChI is InChI=1S/C18H26N2O2.ClH/c21-18(6-5-14-7-10-19-11-8-14)20-13-15-9-12-22-17-4-2-1-3-16(15)17;/h1-4,14-15,19H,5-13H2,(H,20,21);1H. The van der Waals surface area contributed by atoms with Crippen LogP contribution in [0.2, 0.25) is 0 Å². The zero-order chi connectivity index (χ0) is 15.2. The summed E-state index contributed by atoms with van der Waals surface area (Å²) in [6.07, 6.45) is 5.08. The summed E-state index contributed by atoms with van der Waals surface area (Å²) in [7, 11) is 0. The molecule has 1 saturated heterocycles. The van der Waals surface area contributed by atoms with E-state index in [2.05, 4.69) is 16.7 Å². The molecule has 0 aliphatic carbocycles. The van der Waals surface area contributed by atoms with Gasteiger partial charge in [0.15, 0.2) is 0 Å². The molecule has 2 aliphatic rings. The Balaban J connectivity index is 0.00000192. The number of hydrogen-bond acceptors (Lipinski definition) is 3. The average molecular weight is 339 g/mol. The van der Waals surface area contributed by atoms with Crippen molar-refractivity contribution in [2.45, 2.75) is 38.0 Å². The number of rotatable bonds is 5. The second-order valence-electron chi connectivity index (χ2n) is 6.41. The van der Waals surface area contributed by atoms with E-state index in [0.717, 1.165) is 50.8 Å². The SMILES string of the molecule is Cl.O=C(CCC1CCNCC1)NCC1CCOc2ccccc21. The second-order valence-corrected chi connectivity index (χ2v) is 6.41. The molecule has 1 aromatic rings. The Bertz CT molecular complexity index is 504. The molecule has 0 bridgehead atoms. The lowest BCUT2D eigenvalue weighted by Gasteiger charge is -2.26. The van der Waals surface area contributed by atoms with Crippen molar-refractivity contribution in [1.29, 1.82) is 0 Å². The highest BCUT2D eigenvalue weighted by atomic mass is 35.5. The van der Waals surface area contributed by atoms with Crippen LogP contribution >= 0.6 is 12.4 Å². The van der Waals surface area contributed by atoms with Crippen LogP contribution in [0.25, 0.3) is 0 Å². The highest BCUT2D eigenvalue weighted by Crippen LogP contribution is 2.32. The molecule has 0 spiro atoms. The zero-order valence-electron chi connectivity index (χ0n) is 13.6. The molecule has 1 atom stereocenters. The van der Waals surface area contributed by atoms with Gasteiger partial charge >= 0.3 is 0 Å². The summed E-state index contributed by atoms with van der Waals surface area (Å²) in [4.78, 5) is 12.1. The number of carbonyl (C=O) groups excluding carboxylic acids is 1. The summed E-state index contributed by atoms with van der Waals surface area (Å²) in [5.74, 6) is 2.27. The molecule has 2 heterocycles. The molecule has 4 nitrogen and oxygen atoms in total. The highest BCUT2D eigenvalue weighted by molar-refractivity contribution is 5.85. The fraction of sp³-hybridized carbons (Fsp3) is 0.611. The van der Waals surface area contributed by atoms with Crippen molar-refractivity contribution in [3.63, 3.8) is 0 Å². The molecule has 1 amide bonds. The van der Waals surface area contributed by atoms with Crippen molar-refractivity contribution in [3.05, 3.63) is 29.8 Å². The Morgan fingerprint density at radius 1 is 1.22 bits per heavy atom. The minimum atomic E-state index is 0. The third kappa shape index (κ3) is 5.11. The quantitative estimate of drug-likeness (QED) is 0.868. The first-order chi connectivity index (χ1) is 10.8. The topological polar surface area (TPSA) is 50.4 Å². The summed E-state index contributed by atoms with van der Waals surface area (Å²) in [5.41, 5.74) is 1.23. The van der Waals surface area contributed by atoms with Gasteiger partial charge in [0.1, 0.15) is 5.75 Å². The summed E-state index contributed by atoms with van der Waals surface area (Å²) >= 11 is 0. The Hall–Kier alpha value is -1.26. The predicted molar refractivity (Wildman–Crippen MR) is 94.4 cm³/mol. The molecule has 1 unspecified atom stereocenters. The molecule has 23 heavy (non-hydrogen) atoms. The maximum atomic E-state index is 12.1. The molecule has 0 saturated carbocycles. The van der Waals surface area contributed by atoms with E-state index in [1.165, 1.54) is 18.4 Å². The first kappa shape index (κ1) is 18.1. The first-order valence-electron chi connectivity index (χ1n) is 8.52. The maximum Gasteiger partial charge on any atom is 0.220 e. The van der Waals surface area contributed by atoms with E-state index >= 15 is 0 Å². The van der Waals surface area contributed by atoms with Crippen LogP contribution in [0.4, 0.5) is 0 Å². The molecule has 5 heteroatoms. The predicted octanol–water partition coefficient (Wildman–Crippen LogP) is 2.87. The van der Waals surface area contributed by atoms with Gasteiger partial charge in [0.05, 0.1) is 6.61 Å². The van der Waals surface area contributed by atoms with Gasteiger partial charge in [-0.15, -0.1) is 12.4 Å². The summed E-state index contributed by atoms with van der Waals surface area (Å²) in [6, 6.07) is 8.17. The van der Waals surface area contributed by atoms with E-state index in [0.29, 0.717) is 12.3 Å². The van der Waals surface area contributed by atoms with E-state index in [4.69, 9.17) is 4.74 Å². The van der Waals surface area contributed by atoms with Crippen LogP contribution in [0.15, 0.2) is 24.3 Å². The van der Waals surface area contributed by atoms with E-state index in [9.17, 15) is 4.79 Å². The van der Waals surface area contributed by atoms with Crippen LogP contribution in [0, 0.1) is 5.92 Å². The lowest BCUT2D eigenvalue weighted by molar-refractivity contribution is -0.121. The van der Waals surface area contributed by atoms with Gasteiger partial charge in [-0.05, 0) is 56.3 Å². The van der Waals surface area contributed by atoms with Gasteiger partial charge in [0.25, 0.3) is 0 Å². The van der Waals surface area contributed by atoms with Crippen LogP contribution in [0.3, 0.4) is 0 Å². The number of para-hydroxylation sites is 1. The molecule has 2 aliphatic heterocycles. The average Bonchev–Trinajstić information content (AvgIpc) is 2.59. The first-order valence-corrected chi connectivity index (χ1v) is 8.52. The van der Waals surface area contributed by atoms with E-state index < -0.39 is 0 Å². The normalized spacial score (nSPS) is 20.8. The molecule has 0 radical (unpaired) electrons. The number of fused-ring (bicyclic) bond motifs is 1. The Morgan fingerprint density at radius 3 is 2.83 bits per heavy atom. The van der Waals surface area contributed by atoms with Crippen LogP contribution in [-0.2, 0) is 4.79 Å². The lowest BCUT2D eigenvalue weighted by Crippen LogP contribution is -2.32. The van der Waals surface area contributed by atoms with Crippen LogP contribution in [0.5, 0.6) is 5.75 Å². The molecule has 2 N–H and O–H groups in total. The van der Waals surface area contributed by atoms with E-state index in [-0.39, 0.29) is 18.3 Å². The van der Waals surface area contributed by atoms with Crippen molar-refractivity contribution in [2.75, 3.05) is 26.2 Å². The Kier molecular flexibility index (Phi) is 7.18. The molecular formula is C18H27ClN2O2. The van der Waals surface area contributed by atoms with Gasteiger partial charge in [-0.3, -0.25) is 4.79 Å². The molecule has 1 aromatic carbocycles. The molecule has 3 rings (SSSR count). The fourth-order valence-electron chi connectivity index (χ4n) is 3.46. The van der Waals surface area contributed by atoms with Crippen molar-refractivity contribution in [2.24, 2.45) is 5.92 Å². The largest absolute Gasteiger partial charge is 0.493 e. The zero-order valence-corrected chi connectivity index (χ0v) is 14.4. The second kappa shape index (κ2) is 9.14. The third-order valence-corrected chi connectivity index (χ3v) is 4.87. The van der Waals surface area contributed by atoms with Gasteiger partial charge < -0.3 is 15.4 Å². The van der Waals surface area contributed by atoms with E-state index in [1.54, 1.807) is 0 Å². The van der Waals surface area contributed by atoms with Gasteiger partial charge in [0, 0.05) is 18.9 Å². The fourth-order valence-corrected chi connectivity index (χ4v) is 3.46.